The summed E-state index contributed by atoms with van der Waals surface area (Å²) in [5.74, 6) is 0.897. The molecule has 1 aliphatic rings. The number of nitrogens with one attached hydrogen (secondary N) is 1. The highest BCUT2D eigenvalue weighted by Gasteiger charge is 2.15. The SMILES string of the molecule is Nc1ncnc2c1N=C(c1ccc([N+](=O)[O-])cc1)CCN2. The minimum absolute atomic E-state index is 0.0503. The van der Waals surface area contributed by atoms with Gasteiger partial charge in [0.25, 0.3) is 5.69 Å². The normalized spacial score (nSPS) is 13.6. The largest absolute Gasteiger partial charge is 0.382 e. The fraction of sp³-hybridized carbons (Fsp3) is 0.154. The summed E-state index contributed by atoms with van der Waals surface area (Å²) in [6.45, 7) is 0.652. The van der Waals surface area contributed by atoms with Crippen molar-refractivity contribution < 1.29 is 4.92 Å². The topological polar surface area (TPSA) is 119 Å². The monoisotopic (exact) mass is 284 g/mol. The molecule has 1 aliphatic heterocycles. The van der Waals surface area contributed by atoms with Crippen LogP contribution in [-0.2, 0) is 0 Å². The molecular weight excluding hydrogens is 272 g/mol. The number of hydrogen-bond donors (Lipinski definition) is 2. The van der Waals surface area contributed by atoms with E-state index < -0.39 is 4.92 Å². The second kappa shape index (κ2) is 5.16. The smallest absolute Gasteiger partial charge is 0.269 e. The van der Waals surface area contributed by atoms with Crippen molar-refractivity contribution >= 4 is 28.7 Å². The van der Waals surface area contributed by atoms with Gasteiger partial charge in [-0.15, -0.1) is 0 Å². The zero-order valence-corrected chi connectivity index (χ0v) is 11.0. The molecule has 2 aromatic rings. The van der Waals surface area contributed by atoms with Gasteiger partial charge < -0.3 is 11.1 Å². The number of anilines is 2. The van der Waals surface area contributed by atoms with Gasteiger partial charge in [-0.25, -0.2) is 15.0 Å². The van der Waals surface area contributed by atoms with Crippen molar-refractivity contribution in [1.82, 2.24) is 9.97 Å². The molecule has 8 nitrogen and oxygen atoms in total. The van der Waals surface area contributed by atoms with Crippen LogP contribution in [-0.4, -0.2) is 27.1 Å². The van der Waals surface area contributed by atoms with E-state index in [9.17, 15) is 10.1 Å². The molecule has 0 saturated carbocycles. The number of nitrogen functional groups attached to an aromatic ring is 1. The minimum Gasteiger partial charge on any atom is -0.382 e. The van der Waals surface area contributed by atoms with Crippen LogP contribution in [0.25, 0.3) is 0 Å². The molecule has 0 aliphatic carbocycles. The lowest BCUT2D eigenvalue weighted by molar-refractivity contribution is -0.384. The average Bonchev–Trinajstić information content (AvgIpc) is 2.71. The Balaban J connectivity index is 2.02. The molecule has 0 radical (unpaired) electrons. The molecule has 0 saturated heterocycles. The molecule has 21 heavy (non-hydrogen) atoms. The highest BCUT2D eigenvalue weighted by atomic mass is 16.6. The quantitative estimate of drug-likeness (QED) is 0.642. The highest BCUT2D eigenvalue weighted by molar-refractivity contribution is 6.04. The van der Waals surface area contributed by atoms with E-state index in [0.29, 0.717) is 30.3 Å². The first kappa shape index (κ1) is 13.0. The van der Waals surface area contributed by atoms with E-state index in [1.165, 1.54) is 18.5 Å². The van der Waals surface area contributed by atoms with E-state index in [1.807, 2.05) is 0 Å². The summed E-state index contributed by atoms with van der Waals surface area (Å²) in [6, 6.07) is 6.29. The zero-order chi connectivity index (χ0) is 14.8. The number of aromatic nitrogens is 2. The summed E-state index contributed by atoms with van der Waals surface area (Å²) in [6.07, 6.45) is 2.04. The van der Waals surface area contributed by atoms with Crippen molar-refractivity contribution in [3.05, 3.63) is 46.3 Å². The first-order valence-electron chi connectivity index (χ1n) is 6.32. The Kier molecular flexibility index (Phi) is 3.19. The van der Waals surface area contributed by atoms with Crippen molar-refractivity contribution in [2.45, 2.75) is 6.42 Å². The van der Waals surface area contributed by atoms with E-state index in [-0.39, 0.29) is 5.69 Å². The number of nitrogens with two attached hydrogens (primary N) is 1. The van der Waals surface area contributed by atoms with Gasteiger partial charge in [0.1, 0.15) is 12.0 Å². The lowest BCUT2D eigenvalue weighted by atomic mass is 10.1. The highest BCUT2D eigenvalue weighted by Crippen LogP contribution is 2.30. The summed E-state index contributed by atoms with van der Waals surface area (Å²) in [5, 5.41) is 13.8. The third-order valence-electron chi connectivity index (χ3n) is 3.16. The van der Waals surface area contributed by atoms with E-state index in [2.05, 4.69) is 20.3 Å². The number of nitro groups is 1. The molecule has 106 valence electrons. The van der Waals surface area contributed by atoms with Gasteiger partial charge in [0.2, 0.25) is 0 Å². The molecule has 3 N–H and O–H groups in total. The van der Waals surface area contributed by atoms with Crippen LogP contribution in [0.1, 0.15) is 12.0 Å². The van der Waals surface area contributed by atoms with Crippen LogP contribution in [0.3, 0.4) is 0 Å². The predicted molar refractivity (Wildman–Crippen MR) is 78.8 cm³/mol. The molecule has 0 atom stereocenters. The lowest BCUT2D eigenvalue weighted by Crippen LogP contribution is -2.07. The summed E-state index contributed by atoms with van der Waals surface area (Å²) in [5.41, 5.74) is 7.99. The van der Waals surface area contributed by atoms with E-state index >= 15 is 0 Å². The summed E-state index contributed by atoms with van der Waals surface area (Å²) < 4.78 is 0. The van der Waals surface area contributed by atoms with Gasteiger partial charge in [-0.3, -0.25) is 10.1 Å². The zero-order valence-electron chi connectivity index (χ0n) is 11.0. The fourth-order valence-corrected chi connectivity index (χ4v) is 2.11. The third-order valence-corrected chi connectivity index (χ3v) is 3.16. The lowest BCUT2D eigenvalue weighted by Gasteiger charge is -2.04. The van der Waals surface area contributed by atoms with E-state index in [0.717, 1.165) is 11.3 Å². The molecule has 1 aromatic carbocycles. The van der Waals surface area contributed by atoms with Crippen molar-refractivity contribution in [2.24, 2.45) is 4.99 Å². The molecule has 3 rings (SSSR count). The van der Waals surface area contributed by atoms with Gasteiger partial charge in [-0.05, 0) is 17.7 Å². The van der Waals surface area contributed by atoms with Crippen LogP contribution in [0, 0.1) is 10.1 Å². The second-order valence-electron chi connectivity index (χ2n) is 4.50. The molecule has 8 heteroatoms. The van der Waals surface area contributed by atoms with Gasteiger partial charge in [-0.2, -0.15) is 0 Å². The number of nitrogens with zero attached hydrogens (tertiary/aromatic N) is 4. The maximum Gasteiger partial charge on any atom is 0.269 e. The first-order chi connectivity index (χ1) is 10.1. The second-order valence-corrected chi connectivity index (χ2v) is 4.50. The molecule has 0 spiro atoms. The number of aliphatic imine (C=N–C) groups is 1. The van der Waals surface area contributed by atoms with Gasteiger partial charge in [0.15, 0.2) is 11.6 Å². The maximum absolute atomic E-state index is 10.7. The number of non-ortho nitro benzene ring substituents is 1. The van der Waals surface area contributed by atoms with E-state index in [1.54, 1.807) is 12.1 Å². The predicted octanol–water partition coefficient (Wildman–Crippen LogP) is 1.90. The Morgan fingerprint density at radius 1 is 1.24 bits per heavy atom. The number of rotatable bonds is 2. The summed E-state index contributed by atoms with van der Waals surface area (Å²) >= 11 is 0. The third kappa shape index (κ3) is 2.50. The van der Waals surface area contributed by atoms with Crippen molar-refractivity contribution in [2.75, 3.05) is 17.6 Å². The van der Waals surface area contributed by atoms with Crippen LogP contribution in [0.4, 0.5) is 23.0 Å². The van der Waals surface area contributed by atoms with Gasteiger partial charge in [0.05, 0.1) is 10.6 Å². The molecule has 0 unspecified atom stereocenters. The molecule has 2 heterocycles. The van der Waals surface area contributed by atoms with Gasteiger partial charge in [0, 0.05) is 25.1 Å². The van der Waals surface area contributed by atoms with Crippen molar-refractivity contribution in [1.29, 1.82) is 0 Å². The van der Waals surface area contributed by atoms with Gasteiger partial charge in [-0.1, -0.05) is 0 Å². The Morgan fingerprint density at radius 3 is 2.71 bits per heavy atom. The maximum atomic E-state index is 10.7. The van der Waals surface area contributed by atoms with Gasteiger partial charge >= 0.3 is 0 Å². The number of hydrogen-bond acceptors (Lipinski definition) is 7. The van der Waals surface area contributed by atoms with Crippen LogP contribution < -0.4 is 11.1 Å². The average molecular weight is 284 g/mol. The first-order valence-corrected chi connectivity index (χ1v) is 6.32. The summed E-state index contributed by atoms with van der Waals surface area (Å²) in [4.78, 5) is 22.8. The minimum atomic E-state index is -0.429. The fourth-order valence-electron chi connectivity index (χ4n) is 2.11. The van der Waals surface area contributed by atoms with Crippen LogP contribution >= 0.6 is 0 Å². The van der Waals surface area contributed by atoms with Crippen LogP contribution in [0.5, 0.6) is 0 Å². The molecule has 0 amide bonds. The molecular formula is C13H12N6O2. The van der Waals surface area contributed by atoms with E-state index in [4.69, 9.17) is 5.73 Å². The Hall–Kier alpha value is -3.03. The van der Waals surface area contributed by atoms with Crippen LogP contribution in [0.2, 0.25) is 0 Å². The number of fused-ring (bicyclic) bond motifs is 1. The van der Waals surface area contributed by atoms with Crippen molar-refractivity contribution in [3.8, 4) is 0 Å². The summed E-state index contributed by atoms with van der Waals surface area (Å²) in [7, 11) is 0. The Bertz CT molecular complexity index is 726. The van der Waals surface area contributed by atoms with Crippen molar-refractivity contribution in [3.63, 3.8) is 0 Å². The number of nitro benzene ring substituents is 1. The molecule has 0 bridgehead atoms. The van der Waals surface area contributed by atoms with Crippen LogP contribution in [0.15, 0.2) is 35.6 Å². The molecule has 0 fully saturated rings. The standard InChI is InChI=1S/C13H12N6O2/c14-12-11-13(17-7-16-12)15-6-5-10(18-11)8-1-3-9(4-2-8)19(20)21/h1-4,7H,5-6H2,(H3,14,15,16,17). The number of benzene rings is 1. The Labute approximate surface area is 119 Å². The molecule has 1 aromatic heterocycles. The Morgan fingerprint density at radius 2 is 2.00 bits per heavy atom.